The van der Waals surface area contributed by atoms with Crippen LogP contribution in [0.1, 0.15) is 12.6 Å². The Kier molecular flexibility index (Phi) is 4.66. The van der Waals surface area contributed by atoms with Crippen LogP contribution in [0.2, 0.25) is 0 Å². The van der Waals surface area contributed by atoms with Gasteiger partial charge in [0.05, 0.1) is 12.1 Å². The maximum atomic E-state index is 12.4. The largest absolute Gasteiger partial charge is 0.339 e. The van der Waals surface area contributed by atoms with Crippen molar-refractivity contribution in [2.45, 2.75) is 13.3 Å². The van der Waals surface area contributed by atoms with Crippen LogP contribution in [-0.4, -0.2) is 57.8 Å². The number of pyridine rings is 1. The van der Waals surface area contributed by atoms with E-state index in [9.17, 15) is 9.59 Å². The van der Waals surface area contributed by atoms with Crippen LogP contribution in [0.4, 0.5) is 0 Å². The molecule has 0 spiro atoms. The summed E-state index contributed by atoms with van der Waals surface area (Å²) < 4.78 is 0. The Balaban J connectivity index is 1.59. The molecule has 0 atom stereocenters. The van der Waals surface area contributed by atoms with Gasteiger partial charge in [-0.3, -0.25) is 14.6 Å². The van der Waals surface area contributed by atoms with Gasteiger partial charge in [-0.05, 0) is 12.1 Å². The van der Waals surface area contributed by atoms with E-state index in [1.165, 1.54) is 11.3 Å². The molecule has 0 bridgehead atoms. The summed E-state index contributed by atoms with van der Waals surface area (Å²) in [6, 6.07) is 3.82. The van der Waals surface area contributed by atoms with E-state index in [1.807, 2.05) is 22.4 Å². The number of thiazole rings is 1. The molecular weight excluding hydrogens is 312 g/mol. The zero-order chi connectivity index (χ0) is 16.2. The molecule has 2 aromatic rings. The highest BCUT2D eigenvalue weighted by molar-refractivity contribution is 7.13. The predicted octanol–water partition coefficient (Wildman–Crippen LogP) is 1.44. The zero-order valence-electron chi connectivity index (χ0n) is 12.9. The highest BCUT2D eigenvalue weighted by Crippen LogP contribution is 2.23. The van der Waals surface area contributed by atoms with Crippen LogP contribution >= 0.6 is 11.3 Å². The average Bonchev–Trinajstić information content (AvgIpc) is 3.04. The fraction of sp³-hybridized carbons (Fsp3) is 0.375. The molecule has 1 aliphatic rings. The van der Waals surface area contributed by atoms with Crippen molar-refractivity contribution in [1.82, 2.24) is 19.8 Å². The monoisotopic (exact) mass is 330 g/mol. The van der Waals surface area contributed by atoms with Crippen molar-refractivity contribution in [3.8, 4) is 10.6 Å². The van der Waals surface area contributed by atoms with Crippen molar-refractivity contribution >= 4 is 23.2 Å². The quantitative estimate of drug-likeness (QED) is 0.854. The Morgan fingerprint density at radius 2 is 1.78 bits per heavy atom. The van der Waals surface area contributed by atoms with Gasteiger partial charge in [0.1, 0.15) is 5.01 Å². The molecule has 2 amide bonds. The molecule has 0 aromatic carbocycles. The lowest BCUT2D eigenvalue weighted by Gasteiger charge is -2.34. The third-order valence-corrected chi connectivity index (χ3v) is 4.83. The van der Waals surface area contributed by atoms with E-state index in [2.05, 4.69) is 9.97 Å². The minimum atomic E-state index is 0.0681. The van der Waals surface area contributed by atoms with Crippen molar-refractivity contribution < 1.29 is 9.59 Å². The van der Waals surface area contributed by atoms with E-state index in [4.69, 9.17) is 0 Å². The summed E-state index contributed by atoms with van der Waals surface area (Å²) in [5.74, 6) is 0.137. The molecule has 7 heteroatoms. The molecule has 3 rings (SSSR count). The molecule has 2 aromatic heterocycles. The third kappa shape index (κ3) is 3.73. The first-order valence-electron chi connectivity index (χ1n) is 7.51. The first-order valence-corrected chi connectivity index (χ1v) is 8.39. The standard InChI is InChI=1S/C16H18N4O2S/c1-12(21)19-6-8-20(9-7-19)15(22)10-14-11-23-16(18-14)13-2-4-17-5-3-13/h2-5,11H,6-10H2,1H3. The molecule has 1 fully saturated rings. The summed E-state index contributed by atoms with van der Waals surface area (Å²) >= 11 is 1.53. The van der Waals surface area contributed by atoms with E-state index < -0.39 is 0 Å². The molecule has 0 N–H and O–H groups in total. The van der Waals surface area contributed by atoms with Gasteiger partial charge >= 0.3 is 0 Å². The molecule has 1 saturated heterocycles. The maximum Gasteiger partial charge on any atom is 0.228 e. The Bertz CT molecular complexity index is 693. The van der Waals surface area contributed by atoms with Crippen LogP contribution in [0.3, 0.4) is 0 Å². The Hall–Kier alpha value is -2.28. The predicted molar refractivity (Wildman–Crippen MR) is 87.9 cm³/mol. The lowest BCUT2D eigenvalue weighted by atomic mass is 10.2. The number of nitrogens with zero attached hydrogens (tertiary/aromatic N) is 4. The number of aromatic nitrogens is 2. The molecular formula is C16H18N4O2S. The van der Waals surface area contributed by atoms with Crippen molar-refractivity contribution in [1.29, 1.82) is 0 Å². The van der Waals surface area contributed by atoms with Gasteiger partial charge in [-0.1, -0.05) is 0 Å². The second kappa shape index (κ2) is 6.87. The van der Waals surface area contributed by atoms with E-state index >= 15 is 0 Å². The number of hydrogen-bond donors (Lipinski definition) is 0. The summed E-state index contributed by atoms with van der Waals surface area (Å²) in [5, 5.41) is 2.83. The first-order chi connectivity index (χ1) is 11.1. The van der Waals surface area contributed by atoms with Gasteiger partial charge in [0.2, 0.25) is 11.8 Å². The van der Waals surface area contributed by atoms with E-state index in [0.29, 0.717) is 32.6 Å². The van der Waals surface area contributed by atoms with E-state index in [0.717, 1.165) is 16.3 Å². The van der Waals surface area contributed by atoms with Crippen molar-refractivity contribution in [3.63, 3.8) is 0 Å². The van der Waals surface area contributed by atoms with Gasteiger partial charge in [-0.2, -0.15) is 0 Å². The van der Waals surface area contributed by atoms with Gasteiger partial charge < -0.3 is 9.80 Å². The fourth-order valence-electron chi connectivity index (χ4n) is 2.55. The third-order valence-electron chi connectivity index (χ3n) is 3.89. The summed E-state index contributed by atoms with van der Waals surface area (Å²) in [5.41, 5.74) is 1.81. The van der Waals surface area contributed by atoms with Crippen molar-refractivity contribution in [3.05, 3.63) is 35.6 Å². The minimum Gasteiger partial charge on any atom is -0.339 e. The molecule has 23 heavy (non-hydrogen) atoms. The number of piperazine rings is 1. The van der Waals surface area contributed by atoms with Crippen molar-refractivity contribution in [2.24, 2.45) is 0 Å². The zero-order valence-corrected chi connectivity index (χ0v) is 13.8. The maximum absolute atomic E-state index is 12.4. The highest BCUT2D eigenvalue weighted by Gasteiger charge is 2.22. The Morgan fingerprint density at radius 1 is 1.13 bits per heavy atom. The van der Waals surface area contributed by atoms with Crippen LogP contribution < -0.4 is 0 Å². The number of carbonyl (C=O) groups excluding carboxylic acids is 2. The molecule has 120 valence electrons. The Labute approximate surface area is 138 Å². The number of carbonyl (C=O) groups is 2. The van der Waals surface area contributed by atoms with Gasteiger partial charge in [-0.25, -0.2) is 4.98 Å². The summed E-state index contributed by atoms with van der Waals surface area (Å²) in [7, 11) is 0. The van der Waals surface area contributed by atoms with E-state index in [1.54, 1.807) is 24.2 Å². The van der Waals surface area contributed by atoms with Crippen LogP contribution in [0.25, 0.3) is 10.6 Å². The van der Waals surface area contributed by atoms with Crippen LogP contribution in [0, 0.1) is 0 Å². The molecule has 0 radical (unpaired) electrons. The number of hydrogen-bond acceptors (Lipinski definition) is 5. The fourth-order valence-corrected chi connectivity index (χ4v) is 3.38. The molecule has 1 aliphatic heterocycles. The lowest BCUT2D eigenvalue weighted by Crippen LogP contribution is -2.50. The minimum absolute atomic E-state index is 0.0681. The van der Waals surface area contributed by atoms with Gasteiger partial charge in [-0.15, -0.1) is 11.3 Å². The molecule has 6 nitrogen and oxygen atoms in total. The summed E-state index contributed by atoms with van der Waals surface area (Å²) in [6.45, 7) is 3.98. The van der Waals surface area contributed by atoms with Gasteiger partial charge in [0.15, 0.2) is 0 Å². The summed E-state index contributed by atoms with van der Waals surface area (Å²) in [4.78, 5) is 35.8. The van der Waals surface area contributed by atoms with Gasteiger partial charge in [0, 0.05) is 56.4 Å². The molecule has 0 aliphatic carbocycles. The highest BCUT2D eigenvalue weighted by atomic mass is 32.1. The van der Waals surface area contributed by atoms with Crippen molar-refractivity contribution in [2.75, 3.05) is 26.2 Å². The number of amides is 2. The lowest BCUT2D eigenvalue weighted by molar-refractivity contribution is -0.138. The molecule has 0 saturated carbocycles. The number of rotatable bonds is 3. The second-order valence-electron chi connectivity index (χ2n) is 5.44. The van der Waals surface area contributed by atoms with E-state index in [-0.39, 0.29) is 11.8 Å². The smallest absolute Gasteiger partial charge is 0.228 e. The van der Waals surface area contributed by atoms with Crippen LogP contribution in [-0.2, 0) is 16.0 Å². The second-order valence-corrected chi connectivity index (χ2v) is 6.30. The topological polar surface area (TPSA) is 66.4 Å². The van der Waals surface area contributed by atoms with Crippen LogP contribution in [0.15, 0.2) is 29.9 Å². The van der Waals surface area contributed by atoms with Crippen LogP contribution in [0.5, 0.6) is 0 Å². The SMILES string of the molecule is CC(=O)N1CCN(C(=O)Cc2csc(-c3ccncc3)n2)CC1. The summed E-state index contributed by atoms with van der Waals surface area (Å²) in [6.07, 6.45) is 3.77. The molecule has 3 heterocycles. The normalized spacial score (nSPS) is 14.8. The average molecular weight is 330 g/mol. The first kappa shape index (κ1) is 15.6. The molecule has 0 unspecified atom stereocenters. The Morgan fingerprint density at radius 3 is 2.43 bits per heavy atom. The van der Waals surface area contributed by atoms with Gasteiger partial charge in [0.25, 0.3) is 0 Å².